The summed E-state index contributed by atoms with van der Waals surface area (Å²) in [5, 5.41) is 18.9. The van der Waals surface area contributed by atoms with Crippen LogP contribution in [0.4, 0.5) is 0 Å². The summed E-state index contributed by atoms with van der Waals surface area (Å²) in [6.07, 6.45) is -1.20. The van der Waals surface area contributed by atoms with Gasteiger partial charge in [0, 0.05) is 12.6 Å². The highest BCUT2D eigenvalue weighted by Gasteiger charge is 2.39. The van der Waals surface area contributed by atoms with E-state index in [4.69, 9.17) is 28.3 Å². The Bertz CT molecular complexity index is 812. The van der Waals surface area contributed by atoms with E-state index in [2.05, 4.69) is 0 Å². The normalized spacial score (nSPS) is 22.0. The van der Waals surface area contributed by atoms with Crippen molar-refractivity contribution in [2.75, 3.05) is 24.7 Å². The average molecular weight is 418 g/mol. The van der Waals surface area contributed by atoms with Gasteiger partial charge >= 0.3 is 0 Å². The van der Waals surface area contributed by atoms with E-state index in [1.807, 2.05) is 0 Å². The highest BCUT2D eigenvalue weighted by Crippen LogP contribution is 2.29. The van der Waals surface area contributed by atoms with Crippen molar-refractivity contribution in [2.45, 2.75) is 23.5 Å². The van der Waals surface area contributed by atoms with Gasteiger partial charge in [-0.15, -0.1) is 0 Å². The van der Waals surface area contributed by atoms with E-state index in [-0.39, 0.29) is 32.9 Å². The third-order valence-corrected chi connectivity index (χ3v) is 8.12. The Morgan fingerprint density at radius 2 is 1.96 bits per heavy atom. The quantitative estimate of drug-likeness (QED) is 0.697. The van der Waals surface area contributed by atoms with Crippen LogP contribution < -0.4 is 0 Å². The van der Waals surface area contributed by atoms with Crippen LogP contribution >= 0.6 is 23.2 Å². The summed E-state index contributed by atoms with van der Waals surface area (Å²) in [6, 6.07) is 2.94. The summed E-state index contributed by atoms with van der Waals surface area (Å²) in [7, 11) is -7.46. The van der Waals surface area contributed by atoms with Crippen molar-refractivity contribution in [2.24, 2.45) is 0 Å². The highest BCUT2D eigenvalue weighted by molar-refractivity contribution is 7.92. The molecule has 2 rings (SSSR count). The van der Waals surface area contributed by atoms with Gasteiger partial charge in [0.2, 0.25) is 10.0 Å². The number of sulfonamides is 1. The molecule has 0 aromatic heterocycles. The van der Waals surface area contributed by atoms with Crippen LogP contribution in [0, 0.1) is 0 Å². The van der Waals surface area contributed by atoms with Gasteiger partial charge < -0.3 is 10.2 Å². The Kier molecular flexibility index (Phi) is 6.17. The number of benzene rings is 1. The summed E-state index contributed by atoms with van der Waals surface area (Å²) in [5.74, 6) is -0.452. The molecule has 2 atom stereocenters. The third-order valence-electron chi connectivity index (χ3n) is 3.71. The molecule has 7 nitrogen and oxygen atoms in total. The van der Waals surface area contributed by atoms with Crippen molar-refractivity contribution in [3.63, 3.8) is 0 Å². The van der Waals surface area contributed by atoms with Gasteiger partial charge in [-0.1, -0.05) is 23.2 Å². The number of hydrogen-bond donors (Lipinski definition) is 2. The standard InChI is InChI=1S/C13H17Cl2NO6S2/c14-12-2-1-11(5-13(12)15)24(21,22)16(6-10(18)7-17)9-3-4-23(19,20)8-9/h1-2,5,9-10,17-18H,3-4,6-8H2/t9-,10-/m1/s1. The SMILES string of the molecule is O=S1(=O)CC[C@@H](N(C[C@@H](O)CO)S(=O)(=O)c2ccc(Cl)c(Cl)c2)C1. The van der Waals surface area contributed by atoms with Crippen LogP contribution in [0.2, 0.25) is 10.0 Å². The summed E-state index contributed by atoms with van der Waals surface area (Å²) in [6.45, 7) is -1.06. The van der Waals surface area contributed by atoms with Gasteiger partial charge in [0.25, 0.3) is 0 Å². The van der Waals surface area contributed by atoms with Gasteiger partial charge in [-0.25, -0.2) is 16.8 Å². The summed E-state index contributed by atoms with van der Waals surface area (Å²) in [5.41, 5.74) is 0. The van der Waals surface area contributed by atoms with Crippen LogP contribution in [0.25, 0.3) is 0 Å². The van der Waals surface area contributed by atoms with Crippen molar-refractivity contribution in [3.8, 4) is 0 Å². The molecular formula is C13H17Cl2NO6S2. The second-order valence-corrected chi connectivity index (χ2v) is 10.5. The lowest BCUT2D eigenvalue weighted by Crippen LogP contribution is -2.46. The first-order valence-electron chi connectivity index (χ1n) is 7.03. The maximum atomic E-state index is 12.9. The number of nitrogens with zero attached hydrogens (tertiary/aromatic N) is 1. The Morgan fingerprint density at radius 3 is 2.46 bits per heavy atom. The molecule has 1 fully saturated rings. The Labute approximate surface area is 150 Å². The predicted octanol–water partition coefficient (Wildman–Crippen LogP) is 0.524. The minimum absolute atomic E-state index is 0.0411. The maximum Gasteiger partial charge on any atom is 0.243 e. The van der Waals surface area contributed by atoms with Crippen molar-refractivity contribution < 1.29 is 27.0 Å². The first-order valence-corrected chi connectivity index (χ1v) is 11.0. The maximum absolute atomic E-state index is 12.9. The summed E-state index contributed by atoms with van der Waals surface area (Å²) in [4.78, 5) is -0.161. The van der Waals surface area contributed by atoms with Crippen molar-refractivity contribution in [1.29, 1.82) is 0 Å². The van der Waals surface area contributed by atoms with Crippen LogP contribution in [0.3, 0.4) is 0 Å². The van der Waals surface area contributed by atoms with E-state index in [9.17, 15) is 21.9 Å². The number of halogens is 2. The fourth-order valence-corrected chi connectivity index (χ4v) is 6.39. The van der Waals surface area contributed by atoms with Gasteiger partial charge in [-0.2, -0.15) is 4.31 Å². The highest BCUT2D eigenvalue weighted by atomic mass is 35.5. The zero-order valence-electron chi connectivity index (χ0n) is 12.5. The molecule has 136 valence electrons. The summed E-state index contributed by atoms with van der Waals surface area (Å²) < 4.78 is 50.1. The Morgan fingerprint density at radius 1 is 1.29 bits per heavy atom. The molecule has 0 radical (unpaired) electrons. The van der Waals surface area contributed by atoms with E-state index in [0.29, 0.717) is 0 Å². The Hall–Kier alpha value is -0.420. The molecule has 2 N–H and O–H groups in total. The minimum Gasteiger partial charge on any atom is -0.394 e. The van der Waals surface area contributed by atoms with E-state index in [1.165, 1.54) is 18.2 Å². The van der Waals surface area contributed by atoms with Gasteiger partial charge in [0.05, 0.1) is 39.2 Å². The van der Waals surface area contributed by atoms with E-state index in [1.54, 1.807) is 0 Å². The number of aliphatic hydroxyl groups excluding tert-OH is 2. The topological polar surface area (TPSA) is 112 Å². The third kappa shape index (κ3) is 4.40. The smallest absolute Gasteiger partial charge is 0.243 e. The number of sulfone groups is 1. The van der Waals surface area contributed by atoms with E-state index < -0.39 is 45.2 Å². The molecule has 1 aromatic carbocycles. The van der Waals surface area contributed by atoms with Crippen LogP contribution in [0.1, 0.15) is 6.42 Å². The monoisotopic (exact) mass is 417 g/mol. The lowest BCUT2D eigenvalue weighted by atomic mass is 10.2. The fourth-order valence-electron chi connectivity index (χ4n) is 2.48. The molecule has 0 aliphatic carbocycles. The van der Waals surface area contributed by atoms with Gasteiger partial charge in [0.1, 0.15) is 0 Å². The van der Waals surface area contributed by atoms with E-state index >= 15 is 0 Å². The van der Waals surface area contributed by atoms with Crippen molar-refractivity contribution in [1.82, 2.24) is 4.31 Å². The molecule has 0 saturated carbocycles. The zero-order chi connectivity index (χ0) is 18.1. The molecule has 24 heavy (non-hydrogen) atoms. The van der Waals surface area contributed by atoms with Crippen LogP contribution in [-0.4, -0.2) is 68.2 Å². The molecule has 1 aromatic rings. The van der Waals surface area contributed by atoms with Gasteiger partial charge in [-0.05, 0) is 24.6 Å². The lowest BCUT2D eigenvalue weighted by Gasteiger charge is -2.29. The number of aliphatic hydroxyl groups is 2. The molecule has 1 heterocycles. The predicted molar refractivity (Wildman–Crippen MR) is 90.5 cm³/mol. The molecule has 0 bridgehead atoms. The molecule has 0 amide bonds. The number of hydrogen-bond acceptors (Lipinski definition) is 6. The minimum atomic E-state index is -4.12. The van der Waals surface area contributed by atoms with E-state index in [0.717, 1.165) is 4.31 Å². The van der Waals surface area contributed by atoms with Crippen molar-refractivity contribution in [3.05, 3.63) is 28.2 Å². The molecule has 1 aliphatic heterocycles. The lowest BCUT2D eigenvalue weighted by molar-refractivity contribution is 0.0730. The molecule has 11 heteroatoms. The van der Waals surface area contributed by atoms with Crippen LogP contribution in [0.15, 0.2) is 23.1 Å². The molecule has 0 spiro atoms. The second kappa shape index (κ2) is 7.45. The Balaban J connectivity index is 2.42. The molecular weight excluding hydrogens is 401 g/mol. The molecule has 1 aliphatic rings. The summed E-state index contributed by atoms with van der Waals surface area (Å²) >= 11 is 11.7. The fraction of sp³-hybridized carbons (Fsp3) is 0.538. The van der Waals surface area contributed by atoms with Crippen LogP contribution in [-0.2, 0) is 19.9 Å². The second-order valence-electron chi connectivity index (χ2n) is 5.54. The first-order chi connectivity index (χ1) is 11.1. The van der Waals surface area contributed by atoms with Crippen molar-refractivity contribution >= 4 is 43.1 Å². The largest absolute Gasteiger partial charge is 0.394 e. The van der Waals surface area contributed by atoms with Gasteiger partial charge in [0.15, 0.2) is 9.84 Å². The van der Waals surface area contributed by atoms with Crippen LogP contribution in [0.5, 0.6) is 0 Å². The number of rotatable bonds is 6. The molecule has 0 unspecified atom stereocenters. The average Bonchev–Trinajstić information content (AvgIpc) is 2.86. The first kappa shape index (κ1) is 19.9. The van der Waals surface area contributed by atoms with Gasteiger partial charge in [-0.3, -0.25) is 0 Å². The molecule has 1 saturated heterocycles. The zero-order valence-corrected chi connectivity index (χ0v) is 15.6.